The van der Waals surface area contributed by atoms with E-state index in [1.165, 1.54) is 0 Å². The summed E-state index contributed by atoms with van der Waals surface area (Å²) in [5.41, 5.74) is 1.92. The van der Waals surface area contributed by atoms with Gasteiger partial charge in [-0.05, 0) is 32.6 Å². The Labute approximate surface area is 102 Å². The summed E-state index contributed by atoms with van der Waals surface area (Å²) in [6.07, 6.45) is 1.29. The molecule has 0 saturated heterocycles. The second kappa shape index (κ2) is 5.69. The van der Waals surface area contributed by atoms with Crippen LogP contribution >= 0.6 is 11.6 Å². The molecule has 0 saturated carbocycles. The molecule has 0 fully saturated rings. The van der Waals surface area contributed by atoms with Crippen LogP contribution in [0.1, 0.15) is 38.6 Å². The van der Waals surface area contributed by atoms with Crippen LogP contribution in [0.5, 0.6) is 0 Å². The number of aliphatic hydroxyl groups excluding tert-OH is 1. The molecule has 0 bridgehead atoms. The number of rotatable bonds is 5. The fraction of sp³-hybridized carbons (Fsp3) is 0.750. The third kappa shape index (κ3) is 2.77. The van der Waals surface area contributed by atoms with Crippen molar-refractivity contribution in [2.24, 2.45) is 5.92 Å². The number of aryl methyl sites for hydroxylation is 2. The SMILES string of the molecule is CCC(O)C(C)Cc1c(Cl)c(C)nn1CC. The molecule has 1 aromatic heterocycles. The Kier molecular flexibility index (Phi) is 4.81. The Balaban J connectivity index is 2.87. The van der Waals surface area contributed by atoms with Gasteiger partial charge in [-0.2, -0.15) is 5.10 Å². The third-order valence-electron chi connectivity index (χ3n) is 3.04. The predicted molar refractivity (Wildman–Crippen MR) is 66.8 cm³/mol. The number of aromatic nitrogens is 2. The Morgan fingerprint density at radius 2 is 2.06 bits per heavy atom. The van der Waals surface area contributed by atoms with Crippen LogP contribution in [0.15, 0.2) is 0 Å². The van der Waals surface area contributed by atoms with Gasteiger partial charge in [0.1, 0.15) is 0 Å². The summed E-state index contributed by atoms with van der Waals surface area (Å²) >= 11 is 6.22. The van der Waals surface area contributed by atoms with Crippen LogP contribution in [-0.2, 0) is 13.0 Å². The molecule has 92 valence electrons. The Bertz CT molecular complexity index is 349. The van der Waals surface area contributed by atoms with Crippen LogP contribution in [0.2, 0.25) is 5.02 Å². The van der Waals surface area contributed by atoms with Crippen LogP contribution in [0.3, 0.4) is 0 Å². The van der Waals surface area contributed by atoms with Gasteiger partial charge >= 0.3 is 0 Å². The van der Waals surface area contributed by atoms with Gasteiger partial charge in [-0.25, -0.2) is 0 Å². The van der Waals surface area contributed by atoms with Crippen molar-refractivity contribution < 1.29 is 5.11 Å². The molecular formula is C12H21ClN2O. The topological polar surface area (TPSA) is 38.1 Å². The van der Waals surface area contributed by atoms with E-state index < -0.39 is 0 Å². The molecule has 2 atom stereocenters. The summed E-state index contributed by atoms with van der Waals surface area (Å²) in [7, 11) is 0. The lowest BCUT2D eigenvalue weighted by atomic mass is 9.97. The zero-order chi connectivity index (χ0) is 12.3. The van der Waals surface area contributed by atoms with Crippen molar-refractivity contribution in [1.29, 1.82) is 0 Å². The average molecular weight is 245 g/mol. The van der Waals surface area contributed by atoms with E-state index in [1.54, 1.807) is 0 Å². The Morgan fingerprint density at radius 3 is 2.56 bits per heavy atom. The number of halogens is 1. The molecule has 0 amide bonds. The summed E-state index contributed by atoms with van der Waals surface area (Å²) in [4.78, 5) is 0. The van der Waals surface area contributed by atoms with Gasteiger partial charge in [0.05, 0.1) is 22.5 Å². The van der Waals surface area contributed by atoms with E-state index in [1.807, 2.05) is 32.4 Å². The molecule has 3 nitrogen and oxygen atoms in total. The predicted octanol–water partition coefficient (Wildman–Crippen LogP) is 2.81. The first-order valence-electron chi connectivity index (χ1n) is 5.91. The molecule has 0 aromatic carbocycles. The van der Waals surface area contributed by atoms with Crippen molar-refractivity contribution in [2.75, 3.05) is 0 Å². The van der Waals surface area contributed by atoms with Gasteiger partial charge in [-0.1, -0.05) is 25.4 Å². The van der Waals surface area contributed by atoms with Crippen molar-refractivity contribution in [3.05, 3.63) is 16.4 Å². The Hall–Kier alpha value is -0.540. The monoisotopic (exact) mass is 244 g/mol. The van der Waals surface area contributed by atoms with Gasteiger partial charge in [0.25, 0.3) is 0 Å². The minimum absolute atomic E-state index is 0.212. The first kappa shape index (κ1) is 13.5. The highest BCUT2D eigenvalue weighted by atomic mass is 35.5. The second-order valence-electron chi connectivity index (χ2n) is 4.32. The summed E-state index contributed by atoms with van der Waals surface area (Å²) in [5, 5.41) is 14.9. The lowest BCUT2D eigenvalue weighted by Gasteiger charge is -2.17. The fourth-order valence-corrected chi connectivity index (χ4v) is 2.12. The van der Waals surface area contributed by atoms with Crippen LogP contribution in [-0.4, -0.2) is 21.0 Å². The van der Waals surface area contributed by atoms with Crippen LogP contribution < -0.4 is 0 Å². The molecule has 1 rings (SSSR count). The average Bonchev–Trinajstić information content (AvgIpc) is 2.55. The zero-order valence-corrected chi connectivity index (χ0v) is 11.3. The number of hydrogen-bond acceptors (Lipinski definition) is 2. The smallest absolute Gasteiger partial charge is 0.0847 e. The fourth-order valence-electron chi connectivity index (χ4n) is 1.91. The largest absolute Gasteiger partial charge is 0.393 e. The molecule has 0 spiro atoms. The standard InChI is InChI=1S/C12H21ClN2O/c1-5-11(16)8(3)7-10-12(13)9(4)14-15(10)6-2/h8,11,16H,5-7H2,1-4H3. The van der Waals surface area contributed by atoms with Crippen molar-refractivity contribution in [3.63, 3.8) is 0 Å². The first-order chi connectivity index (χ1) is 7.51. The number of aliphatic hydroxyl groups is 1. The van der Waals surface area contributed by atoms with Crippen molar-refractivity contribution in [3.8, 4) is 0 Å². The maximum atomic E-state index is 9.78. The van der Waals surface area contributed by atoms with Crippen molar-refractivity contribution in [2.45, 2.75) is 53.2 Å². The van der Waals surface area contributed by atoms with Crippen LogP contribution in [0, 0.1) is 12.8 Å². The number of nitrogens with zero attached hydrogens (tertiary/aromatic N) is 2. The zero-order valence-electron chi connectivity index (χ0n) is 10.5. The summed E-state index contributed by atoms with van der Waals surface area (Å²) in [5.74, 6) is 0.212. The molecule has 0 radical (unpaired) electrons. The quantitative estimate of drug-likeness (QED) is 0.865. The van der Waals surface area contributed by atoms with E-state index >= 15 is 0 Å². The van der Waals surface area contributed by atoms with Gasteiger partial charge in [-0.3, -0.25) is 4.68 Å². The van der Waals surface area contributed by atoms with E-state index in [2.05, 4.69) is 5.10 Å². The highest BCUT2D eigenvalue weighted by molar-refractivity contribution is 6.31. The van der Waals surface area contributed by atoms with Gasteiger partial charge < -0.3 is 5.11 Å². The molecule has 0 aliphatic carbocycles. The highest BCUT2D eigenvalue weighted by Gasteiger charge is 2.19. The Morgan fingerprint density at radius 1 is 1.44 bits per heavy atom. The maximum Gasteiger partial charge on any atom is 0.0847 e. The van der Waals surface area contributed by atoms with Crippen molar-refractivity contribution >= 4 is 11.6 Å². The van der Waals surface area contributed by atoms with E-state index in [0.29, 0.717) is 0 Å². The van der Waals surface area contributed by atoms with Gasteiger partial charge in [0.15, 0.2) is 0 Å². The number of hydrogen-bond donors (Lipinski definition) is 1. The second-order valence-corrected chi connectivity index (χ2v) is 4.70. The van der Waals surface area contributed by atoms with Gasteiger partial charge in [-0.15, -0.1) is 0 Å². The lowest BCUT2D eigenvalue weighted by molar-refractivity contribution is 0.111. The van der Waals surface area contributed by atoms with E-state index in [-0.39, 0.29) is 12.0 Å². The van der Waals surface area contributed by atoms with E-state index in [0.717, 1.165) is 35.8 Å². The van der Waals surface area contributed by atoms with E-state index in [4.69, 9.17) is 11.6 Å². The third-order valence-corrected chi connectivity index (χ3v) is 3.53. The summed E-state index contributed by atoms with van der Waals surface area (Å²) in [6.45, 7) is 8.82. The summed E-state index contributed by atoms with van der Waals surface area (Å²) in [6, 6.07) is 0. The summed E-state index contributed by atoms with van der Waals surface area (Å²) < 4.78 is 1.93. The van der Waals surface area contributed by atoms with Gasteiger partial charge in [0, 0.05) is 6.54 Å². The highest BCUT2D eigenvalue weighted by Crippen LogP contribution is 2.24. The molecule has 2 unspecified atom stereocenters. The normalized spacial score (nSPS) is 15.1. The van der Waals surface area contributed by atoms with Crippen LogP contribution in [0.4, 0.5) is 0 Å². The molecular weight excluding hydrogens is 224 g/mol. The van der Waals surface area contributed by atoms with Gasteiger partial charge in [0.2, 0.25) is 0 Å². The molecule has 1 N–H and O–H groups in total. The minimum atomic E-state index is -0.267. The molecule has 0 aliphatic heterocycles. The molecule has 1 heterocycles. The molecule has 0 aliphatic rings. The maximum absolute atomic E-state index is 9.78. The molecule has 16 heavy (non-hydrogen) atoms. The molecule has 1 aromatic rings. The van der Waals surface area contributed by atoms with Crippen molar-refractivity contribution in [1.82, 2.24) is 9.78 Å². The van der Waals surface area contributed by atoms with Crippen LogP contribution in [0.25, 0.3) is 0 Å². The molecule has 4 heteroatoms. The van der Waals surface area contributed by atoms with E-state index in [9.17, 15) is 5.11 Å². The first-order valence-corrected chi connectivity index (χ1v) is 6.28. The minimum Gasteiger partial charge on any atom is -0.393 e. The lowest BCUT2D eigenvalue weighted by Crippen LogP contribution is -2.20.